The van der Waals surface area contributed by atoms with Crippen LogP contribution in [0.15, 0.2) is 75.8 Å². The molecule has 7 rings (SSSR count). The molecule has 1 aliphatic heterocycles. The predicted octanol–water partition coefficient (Wildman–Crippen LogP) is 7.35. The Bertz CT molecular complexity index is 3320. The summed E-state index contributed by atoms with van der Waals surface area (Å²) in [7, 11) is 1.27. The van der Waals surface area contributed by atoms with Gasteiger partial charge in [-0.15, -0.1) is 0 Å². The third-order valence-electron chi connectivity index (χ3n) is 10.2. The van der Waals surface area contributed by atoms with Gasteiger partial charge in [0.05, 0.1) is 53.0 Å². The molecule has 6 aromatic rings. The molecule has 0 atom stereocenters. The number of aryl methyl sites for hydroxylation is 3. The maximum absolute atomic E-state index is 15.0. The van der Waals surface area contributed by atoms with Gasteiger partial charge in [0, 0.05) is 48.0 Å². The lowest BCUT2D eigenvalue weighted by molar-refractivity contribution is -0.144. The lowest BCUT2D eigenvalue weighted by Crippen LogP contribution is -2.44. The number of rotatable bonds is 8. The molecule has 1 aliphatic rings. The van der Waals surface area contributed by atoms with Gasteiger partial charge in [0.1, 0.15) is 28.9 Å². The van der Waals surface area contributed by atoms with Crippen molar-refractivity contribution in [1.29, 1.82) is 10.5 Å². The van der Waals surface area contributed by atoms with Crippen molar-refractivity contribution in [3.63, 3.8) is 0 Å². The number of hydrogen-bond acceptors (Lipinski definition) is 15. The van der Waals surface area contributed by atoms with E-state index in [2.05, 4.69) is 52.4 Å². The summed E-state index contributed by atoms with van der Waals surface area (Å²) in [4.78, 5) is 71.0. The van der Waals surface area contributed by atoms with Gasteiger partial charge in [0.2, 0.25) is 0 Å². The van der Waals surface area contributed by atoms with Gasteiger partial charge >= 0.3 is 12.1 Å². The van der Waals surface area contributed by atoms with Gasteiger partial charge < -0.3 is 15.0 Å². The van der Waals surface area contributed by atoms with E-state index in [0.29, 0.717) is 41.7 Å². The van der Waals surface area contributed by atoms with E-state index in [1.165, 1.54) is 68.7 Å². The Balaban J connectivity index is 0.000000221. The topological polar surface area (TPSA) is 216 Å². The molecule has 6 aromatic heterocycles. The molecule has 0 radical (unpaired) electrons. The fraction of sp³-hybridized carbons (Fsp3) is 0.289. The summed E-state index contributed by atoms with van der Waals surface area (Å²) in [5.74, 6) is -2.70. The molecule has 0 saturated carbocycles. The number of amides is 1. The molecule has 0 bridgehead atoms. The molecule has 1 amide bonds. The van der Waals surface area contributed by atoms with Crippen LogP contribution in [-0.4, -0.2) is 69.1 Å². The number of halogens is 5. The van der Waals surface area contributed by atoms with Gasteiger partial charge in [0.15, 0.2) is 33.7 Å². The van der Waals surface area contributed by atoms with E-state index < -0.39 is 57.6 Å². The zero-order chi connectivity index (χ0) is 51.3. The second kappa shape index (κ2) is 20.5. The van der Waals surface area contributed by atoms with Gasteiger partial charge in [-0.2, -0.15) is 28.7 Å². The van der Waals surface area contributed by atoms with Crippen molar-refractivity contribution in [1.82, 2.24) is 28.7 Å². The summed E-state index contributed by atoms with van der Waals surface area (Å²) in [5.41, 5.74) is -3.13. The Kier molecular flexibility index (Phi) is 15.5. The minimum Gasteiger partial charge on any atom is -0.467 e. The first-order valence-corrected chi connectivity index (χ1v) is 21.1. The molecule has 7 heterocycles. The molecule has 0 unspecified atom stereocenters. The second-order valence-corrected chi connectivity index (χ2v) is 16.4. The fourth-order valence-electron chi connectivity index (χ4n) is 6.75. The average Bonchev–Trinajstić information content (AvgIpc) is 3.47. The lowest BCUT2D eigenvalue weighted by atomic mass is 10.0. The maximum atomic E-state index is 15.0. The van der Waals surface area contributed by atoms with E-state index >= 15 is 4.39 Å². The number of isothiocyanates is 1. The molecule has 1 N–H and O–H groups in total. The normalized spacial score (nSPS) is 13.1. The third kappa shape index (κ3) is 10.9. The first-order valence-electron chi connectivity index (χ1n) is 20.3. The molecule has 0 aliphatic carbocycles. The maximum Gasteiger partial charge on any atom is 0.419 e. The number of esters is 1. The molecule has 17 nitrogen and oxygen atoms in total. The number of pyridine rings is 4. The van der Waals surface area contributed by atoms with Gasteiger partial charge in [-0.05, 0) is 89.6 Å². The molecule has 24 heteroatoms. The third-order valence-corrected chi connectivity index (χ3v) is 10.7. The van der Waals surface area contributed by atoms with Crippen molar-refractivity contribution >= 4 is 80.6 Å². The van der Waals surface area contributed by atoms with Gasteiger partial charge in [-0.3, -0.25) is 28.1 Å². The van der Waals surface area contributed by atoms with E-state index in [9.17, 15) is 36.7 Å². The summed E-state index contributed by atoms with van der Waals surface area (Å²) in [6.07, 6.45) is 1.15. The number of carbonyl (C=O) groups is 2. The fourth-order valence-corrected chi connectivity index (χ4v) is 7.38. The molecule has 0 spiro atoms. The minimum atomic E-state index is -4.90. The molecule has 1 fully saturated rings. The highest BCUT2D eigenvalue weighted by Gasteiger charge is 2.51. The highest BCUT2D eigenvalue weighted by molar-refractivity contribution is 7.81. The number of methoxy groups -OCH3 is 1. The van der Waals surface area contributed by atoms with Crippen LogP contribution in [0.4, 0.5) is 44.7 Å². The Hall–Kier alpha value is -7.92. The largest absolute Gasteiger partial charge is 0.467 e. The Morgan fingerprint density at radius 3 is 1.91 bits per heavy atom. The first-order chi connectivity index (χ1) is 32.4. The number of nitrogens with one attached hydrogen (secondary N) is 1. The second-order valence-electron chi connectivity index (χ2n) is 15.8. The highest BCUT2D eigenvalue weighted by Crippen LogP contribution is 2.39. The number of ether oxygens (including phenoxy) is 1. The number of hydrogen-bond donors (Lipinski definition) is 1. The van der Waals surface area contributed by atoms with Gasteiger partial charge in [-0.1, -0.05) is 13.8 Å². The average molecular weight is 987 g/mol. The van der Waals surface area contributed by atoms with E-state index in [1.807, 2.05) is 13.0 Å². The smallest absolute Gasteiger partial charge is 0.419 e. The molecule has 0 aromatic carbocycles. The highest BCUT2D eigenvalue weighted by atomic mass is 32.1. The van der Waals surface area contributed by atoms with Crippen LogP contribution < -0.4 is 26.2 Å². The van der Waals surface area contributed by atoms with Gasteiger partial charge in [-0.25, -0.2) is 33.5 Å². The molecule has 69 heavy (non-hydrogen) atoms. The number of thiocarbonyl (C=S) groups is 2. The van der Waals surface area contributed by atoms with Crippen molar-refractivity contribution < 1.29 is 36.3 Å². The molecule has 356 valence electrons. The standard InChI is InChI=1S/C22H16F4N6O2S.C15H18FN3O3.C8H5N3S/c1-4-11-5-17(33)30-10-13(7-15(23)18(30)29-11)32-20(35)31(19(34)21(32,2)3)12-6-14(22(24,25)26)16(8-27)28-9-12;1-5-9-7-12(20)19-8-10(6-11(16)13(19)17-9)18-15(2,3)14(21)22-4;1-6-2-7(11-5-12)4-10-8(6)3-9/h5-7,9-10H,4H2,1-3H3;6-8,18H,5H2,1-4H3;2,4H,1H3. The Morgan fingerprint density at radius 2 is 1.41 bits per heavy atom. The van der Waals surface area contributed by atoms with Crippen LogP contribution in [0.2, 0.25) is 0 Å². The lowest BCUT2D eigenvalue weighted by Gasteiger charge is -2.29. The van der Waals surface area contributed by atoms with Crippen LogP contribution >= 0.6 is 24.4 Å². The SMILES string of the molecule is CCc1cc(=O)n2cc(N3C(=S)N(c4cnc(C#N)c(C(F)(F)F)c4)C(=O)C3(C)C)cc(F)c2n1.CCc1cc(=O)n2cc(NC(C)(C)C(=O)OC)cc(F)c2n1.Cc1cc(N=C=S)cnc1C#N. The minimum absolute atomic E-state index is 0.0200. The van der Waals surface area contributed by atoms with Crippen LogP contribution in [0.1, 0.15) is 75.4 Å². The number of nitrogens with zero attached hydrogens (tertiary/aromatic N) is 11. The predicted molar refractivity (Wildman–Crippen MR) is 250 cm³/mol. The van der Waals surface area contributed by atoms with E-state index in [4.69, 9.17) is 22.7 Å². The number of anilines is 3. The van der Waals surface area contributed by atoms with Crippen LogP contribution in [0.25, 0.3) is 11.3 Å². The van der Waals surface area contributed by atoms with Crippen molar-refractivity contribution in [3.8, 4) is 12.1 Å². The number of alkyl halides is 3. The number of aliphatic imine (C=N–C) groups is 1. The number of nitriles is 2. The molecule has 1 saturated heterocycles. The summed E-state index contributed by atoms with van der Waals surface area (Å²) >= 11 is 9.85. The first kappa shape index (κ1) is 52.1. The van der Waals surface area contributed by atoms with Crippen LogP contribution in [0.5, 0.6) is 0 Å². The zero-order valence-electron chi connectivity index (χ0n) is 37.9. The zero-order valence-corrected chi connectivity index (χ0v) is 39.5. The summed E-state index contributed by atoms with van der Waals surface area (Å²) in [5, 5.41) is 22.4. The van der Waals surface area contributed by atoms with Crippen molar-refractivity contribution in [2.75, 3.05) is 22.2 Å². The van der Waals surface area contributed by atoms with E-state index in [1.54, 1.807) is 33.8 Å². The Morgan fingerprint density at radius 1 is 0.855 bits per heavy atom. The number of fused-ring (bicyclic) bond motifs is 2. The van der Waals surface area contributed by atoms with Crippen molar-refractivity contribution in [3.05, 3.63) is 127 Å². The summed E-state index contributed by atoms with van der Waals surface area (Å²) in [6, 6.07) is 10.5. The van der Waals surface area contributed by atoms with Crippen LogP contribution in [0.3, 0.4) is 0 Å². The summed E-state index contributed by atoms with van der Waals surface area (Å²) < 4.78 is 76.4. The van der Waals surface area contributed by atoms with E-state index in [-0.39, 0.29) is 39.0 Å². The van der Waals surface area contributed by atoms with Crippen LogP contribution in [-0.2, 0) is 33.3 Å². The Labute approximate surface area is 400 Å². The van der Waals surface area contributed by atoms with Crippen molar-refractivity contribution in [2.45, 2.75) is 78.6 Å². The quantitative estimate of drug-likeness (QED) is 0.0683. The number of carbonyl (C=O) groups excluding carboxylic acids is 2. The molecular formula is C45H39F5N12O5S2. The van der Waals surface area contributed by atoms with E-state index in [0.717, 1.165) is 31.5 Å². The van der Waals surface area contributed by atoms with Crippen LogP contribution in [0, 0.1) is 41.2 Å². The summed E-state index contributed by atoms with van der Waals surface area (Å²) in [6.45, 7) is 11.5. The monoisotopic (exact) mass is 986 g/mol. The van der Waals surface area contributed by atoms with Gasteiger partial charge in [0.25, 0.3) is 17.0 Å². The number of aromatic nitrogens is 6. The van der Waals surface area contributed by atoms with Crippen molar-refractivity contribution in [2.24, 2.45) is 4.99 Å². The molecular weight excluding hydrogens is 948 g/mol.